The molecular formula is C22H18Br2Cl2N2O7. The predicted molar refractivity (Wildman–Crippen MR) is 129 cm³/mol. The number of alkyl halides is 3. The first kappa shape index (κ1) is 25.0. The summed E-state index contributed by atoms with van der Waals surface area (Å²) in [5.74, 6) is -7.04. The van der Waals surface area contributed by atoms with Gasteiger partial charge in [-0.3, -0.25) is 29.3 Å². The monoisotopic (exact) mass is 650 g/mol. The number of likely N-dealkylation sites (tertiary alicyclic amines) is 1. The molecule has 0 spiro atoms. The van der Waals surface area contributed by atoms with E-state index in [4.69, 9.17) is 27.9 Å². The molecule has 13 heteroatoms. The van der Waals surface area contributed by atoms with E-state index in [-0.39, 0.29) is 40.4 Å². The van der Waals surface area contributed by atoms with Crippen LogP contribution in [0.3, 0.4) is 0 Å². The summed E-state index contributed by atoms with van der Waals surface area (Å²) in [4.78, 5) is 49.4. The summed E-state index contributed by atoms with van der Waals surface area (Å²) in [5.41, 5.74) is 0.494. The lowest BCUT2D eigenvalue weighted by atomic mass is 9.56. The van der Waals surface area contributed by atoms with Crippen molar-refractivity contribution in [2.45, 2.75) is 28.5 Å². The number of nitrogens with zero attached hydrogens (tertiary/aromatic N) is 2. The molecule has 4 aliphatic rings. The SMILES string of the molecule is COc1cc(Br)cc(C2C3=CCC4C(=O)N(O)C(=O)C4C3CC3(Cl)C(=O)N(CBr)C(=O)C23Cl)c1O. The average Bonchev–Trinajstić information content (AvgIpc) is 3.13. The Morgan fingerprint density at radius 3 is 2.46 bits per heavy atom. The van der Waals surface area contributed by atoms with Gasteiger partial charge in [0.15, 0.2) is 21.2 Å². The molecule has 9 nitrogen and oxygen atoms in total. The van der Waals surface area contributed by atoms with Crippen molar-refractivity contribution in [3.63, 3.8) is 0 Å². The Bertz CT molecular complexity index is 1240. The van der Waals surface area contributed by atoms with Crippen LogP contribution in [0.15, 0.2) is 28.3 Å². The molecule has 2 aliphatic carbocycles. The molecule has 6 unspecified atom stereocenters. The van der Waals surface area contributed by atoms with Crippen molar-refractivity contribution in [2.75, 3.05) is 12.6 Å². The number of hydroxylamine groups is 2. The largest absolute Gasteiger partial charge is 0.504 e. The zero-order chi connectivity index (χ0) is 25.6. The number of amides is 4. The highest BCUT2D eigenvalue weighted by atomic mass is 79.9. The Kier molecular flexibility index (Phi) is 5.84. The molecule has 0 bridgehead atoms. The molecule has 2 saturated heterocycles. The fourth-order valence-corrected chi connectivity index (χ4v) is 7.92. The number of allylic oxidation sites excluding steroid dienone is 2. The molecule has 4 amide bonds. The molecule has 186 valence electrons. The molecule has 2 aliphatic heterocycles. The minimum atomic E-state index is -2.05. The van der Waals surface area contributed by atoms with Crippen molar-refractivity contribution in [2.24, 2.45) is 17.8 Å². The molecule has 5 rings (SSSR count). The van der Waals surface area contributed by atoms with Gasteiger partial charge in [-0.2, -0.15) is 5.06 Å². The number of fused-ring (bicyclic) bond motifs is 4. The van der Waals surface area contributed by atoms with Gasteiger partial charge in [0.1, 0.15) is 0 Å². The lowest BCUT2D eigenvalue weighted by molar-refractivity contribution is -0.173. The third-order valence-electron chi connectivity index (χ3n) is 7.59. The predicted octanol–water partition coefficient (Wildman–Crippen LogP) is 3.26. The second kappa shape index (κ2) is 8.17. The molecule has 1 aromatic rings. The van der Waals surface area contributed by atoms with Crippen molar-refractivity contribution >= 4 is 78.7 Å². The zero-order valence-electron chi connectivity index (χ0n) is 18.0. The highest BCUT2D eigenvalue weighted by Crippen LogP contribution is 2.66. The van der Waals surface area contributed by atoms with Gasteiger partial charge >= 0.3 is 0 Å². The number of halogens is 4. The Labute approximate surface area is 226 Å². The van der Waals surface area contributed by atoms with Crippen LogP contribution in [-0.2, 0) is 19.2 Å². The van der Waals surface area contributed by atoms with Crippen molar-refractivity contribution in [3.05, 3.63) is 33.8 Å². The van der Waals surface area contributed by atoms with Crippen LogP contribution < -0.4 is 4.74 Å². The fourth-order valence-electron chi connectivity index (χ4n) is 6.05. The molecule has 35 heavy (non-hydrogen) atoms. The molecular weight excluding hydrogens is 635 g/mol. The van der Waals surface area contributed by atoms with Gasteiger partial charge < -0.3 is 9.84 Å². The van der Waals surface area contributed by atoms with Gasteiger partial charge in [-0.05, 0) is 30.9 Å². The van der Waals surface area contributed by atoms with Crippen molar-refractivity contribution in [1.82, 2.24) is 9.96 Å². The van der Waals surface area contributed by atoms with E-state index in [1.54, 1.807) is 12.1 Å². The second-order valence-corrected chi connectivity index (χ2v) is 11.7. The third kappa shape index (κ3) is 3.02. The average molecular weight is 653 g/mol. The molecule has 1 aromatic carbocycles. The maximum Gasteiger partial charge on any atom is 0.257 e. The first-order valence-corrected chi connectivity index (χ1v) is 13.2. The van der Waals surface area contributed by atoms with Gasteiger partial charge in [0.25, 0.3) is 23.6 Å². The van der Waals surface area contributed by atoms with Gasteiger partial charge in [-0.15, -0.1) is 23.2 Å². The van der Waals surface area contributed by atoms with E-state index in [2.05, 4.69) is 31.9 Å². The van der Waals surface area contributed by atoms with Crippen LogP contribution in [0.1, 0.15) is 24.3 Å². The number of imide groups is 2. The van der Waals surface area contributed by atoms with E-state index in [0.29, 0.717) is 10.0 Å². The number of hydrogen-bond donors (Lipinski definition) is 2. The third-order valence-corrected chi connectivity index (χ3v) is 9.96. The molecule has 0 aromatic heterocycles. The van der Waals surface area contributed by atoms with Gasteiger partial charge in [-0.25, -0.2) is 0 Å². The normalized spacial score (nSPS) is 36.2. The van der Waals surface area contributed by atoms with Gasteiger partial charge in [0.05, 0.1) is 24.4 Å². The zero-order valence-corrected chi connectivity index (χ0v) is 22.7. The smallest absolute Gasteiger partial charge is 0.257 e. The van der Waals surface area contributed by atoms with Crippen LogP contribution in [-0.4, -0.2) is 66.2 Å². The minimum absolute atomic E-state index is 0.0917. The lowest BCUT2D eigenvalue weighted by Gasteiger charge is -2.50. The molecule has 3 fully saturated rings. The van der Waals surface area contributed by atoms with Crippen LogP contribution in [0.5, 0.6) is 11.5 Å². The molecule has 2 heterocycles. The molecule has 1 saturated carbocycles. The van der Waals surface area contributed by atoms with Crippen LogP contribution in [0, 0.1) is 17.8 Å². The van der Waals surface area contributed by atoms with Crippen LogP contribution in [0.4, 0.5) is 0 Å². The number of methoxy groups -OCH3 is 1. The molecule has 2 N–H and O–H groups in total. The van der Waals surface area contributed by atoms with E-state index in [9.17, 15) is 29.5 Å². The van der Waals surface area contributed by atoms with E-state index in [0.717, 1.165) is 4.90 Å². The number of aromatic hydroxyl groups is 1. The Balaban J connectivity index is 1.80. The molecule has 6 atom stereocenters. The number of phenols is 1. The Morgan fingerprint density at radius 1 is 1.14 bits per heavy atom. The van der Waals surface area contributed by atoms with Crippen molar-refractivity contribution in [1.29, 1.82) is 0 Å². The van der Waals surface area contributed by atoms with Crippen LogP contribution in [0.2, 0.25) is 0 Å². The summed E-state index contributed by atoms with van der Waals surface area (Å²) in [6, 6.07) is 3.07. The number of carbonyl (C=O) groups is 4. The highest BCUT2D eigenvalue weighted by Gasteiger charge is 2.76. The van der Waals surface area contributed by atoms with Crippen molar-refractivity contribution in [3.8, 4) is 11.5 Å². The summed E-state index contributed by atoms with van der Waals surface area (Å²) in [7, 11) is 1.36. The summed E-state index contributed by atoms with van der Waals surface area (Å²) in [6.45, 7) is 0. The number of ether oxygens (including phenoxy) is 1. The van der Waals surface area contributed by atoms with E-state index in [1.165, 1.54) is 13.2 Å². The summed E-state index contributed by atoms with van der Waals surface area (Å²) in [6.07, 6.45) is 1.59. The second-order valence-electron chi connectivity index (χ2n) is 9.02. The summed E-state index contributed by atoms with van der Waals surface area (Å²) >= 11 is 20.6. The lowest BCUT2D eigenvalue weighted by Crippen LogP contribution is -2.60. The number of rotatable bonds is 3. The number of hydrogen-bond acceptors (Lipinski definition) is 7. The van der Waals surface area contributed by atoms with E-state index in [1.807, 2.05) is 0 Å². The van der Waals surface area contributed by atoms with Crippen molar-refractivity contribution < 1.29 is 34.2 Å². The van der Waals surface area contributed by atoms with Gasteiger partial charge in [0, 0.05) is 16.0 Å². The van der Waals surface area contributed by atoms with E-state index < -0.39 is 57.0 Å². The Hall–Kier alpha value is -1.66. The Morgan fingerprint density at radius 2 is 1.83 bits per heavy atom. The first-order valence-electron chi connectivity index (χ1n) is 10.6. The fraction of sp³-hybridized carbons (Fsp3) is 0.455. The van der Waals surface area contributed by atoms with Crippen LogP contribution in [0.25, 0.3) is 0 Å². The summed E-state index contributed by atoms with van der Waals surface area (Å²) in [5, 5.41) is 21.3. The summed E-state index contributed by atoms with van der Waals surface area (Å²) < 4.78 is 5.79. The van der Waals surface area contributed by atoms with Gasteiger partial charge in [0.2, 0.25) is 0 Å². The topological polar surface area (TPSA) is 124 Å². The quantitative estimate of drug-likeness (QED) is 0.169. The minimum Gasteiger partial charge on any atom is -0.504 e. The number of carbonyl (C=O) groups excluding carboxylic acids is 4. The highest BCUT2D eigenvalue weighted by molar-refractivity contribution is 9.10. The maximum atomic E-state index is 13.7. The molecule has 0 radical (unpaired) electrons. The number of benzene rings is 1. The number of phenolic OH excluding ortho intramolecular Hbond substituents is 1. The first-order chi connectivity index (χ1) is 16.4. The standard InChI is InChI=1S/C22H18Br2Cl2N2O7/c1-35-13-5-8(24)4-11(16(13)29)15-9-2-3-10-14(18(31)28(34)17(10)30)12(9)6-21(25)19(32)27(7-23)20(33)22(15,21)26/h2,4-5,10,12,14-15,29,34H,3,6-7H2,1H3. The van der Waals surface area contributed by atoms with E-state index >= 15 is 0 Å². The van der Waals surface area contributed by atoms with Crippen LogP contribution >= 0.6 is 55.1 Å². The van der Waals surface area contributed by atoms with Gasteiger partial charge in [-0.1, -0.05) is 43.5 Å². The maximum absolute atomic E-state index is 13.7.